The third-order valence-corrected chi connectivity index (χ3v) is 1.54. The summed E-state index contributed by atoms with van der Waals surface area (Å²) in [6.45, 7) is 1.04. The molecular weight excluding hydrogens is 112 g/mol. The van der Waals surface area contributed by atoms with E-state index in [-0.39, 0.29) is 0 Å². The van der Waals surface area contributed by atoms with Crippen LogP contribution in [0.2, 0.25) is 0 Å². The highest BCUT2D eigenvalue weighted by atomic mass is 14.9. The third-order valence-electron chi connectivity index (χ3n) is 1.54. The second-order valence-electron chi connectivity index (χ2n) is 2.13. The van der Waals surface area contributed by atoms with E-state index >= 15 is 0 Å². The number of aromatic nitrogens is 1. The summed E-state index contributed by atoms with van der Waals surface area (Å²) in [7, 11) is 0. The molecule has 1 aliphatic rings. The summed E-state index contributed by atoms with van der Waals surface area (Å²) >= 11 is 0. The molecule has 1 aliphatic heterocycles. The van der Waals surface area contributed by atoms with Gasteiger partial charge in [-0.3, -0.25) is 4.98 Å². The molecule has 0 unspecified atom stereocenters. The molecule has 2 nitrogen and oxygen atoms in total. The normalized spacial score (nSPS) is 14.7. The first-order valence-electron chi connectivity index (χ1n) is 3.06. The van der Waals surface area contributed by atoms with Crippen LogP contribution in [0.5, 0.6) is 0 Å². The highest BCUT2D eigenvalue weighted by Gasteiger charge is 2.07. The van der Waals surface area contributed by atoms with Crippen LogP contribution in [0.15, 0.2) is 12.3 Å². The lowest BCUT2D eigenvalue weighted by atomic mass is 10.2. The van der Waals surface area contributed by atoms with Crippen LogP contribution in [0.25, 0.3) is 0 Å². The number of rotatable bonds is 0. The molecule has 0 aromatic carbocycles. The summed E-state index contributed by atoms with van der Waals surface area (Å²) in [5.41, 5.74) is 2.42. The molecule has 1 aromatic rings. The summed E-state index contributed by atoms with van der Waals surface area (Å²) in [6, 6.07) is 2.03. The van der Waals surface area contributed by atoms with Gasteiger partial charge in [-0.25, -0.2) is 0 Å². The van der Waals surface area contributed by atoms with E-state index in [1.165, 1.54) is 5.56 Å². The minimum Gasteiger partial charge on any atom is -0.383 e. The predicted octanol–water partition coefficient (Wildman–Crippen LogP) is 0.850. The van der Waals surface area contributed by atoms with Gasteiger partial charge >= 0.3 is 0 Å². The topological polar surface area (TPSA) is 24.9 Å². The SMILES string of the molecule is [c]1nccc2c1NCC2. The second kappa shape index (κ2) is 1.72. The van der Waals surface area contributed by atoms with E-state index in [4.69, 9.17) is 0 Å². The van der Waals surface area contributed by atoms with Gasteiger partial charge < -0.3 is 5.32 Å². The maximum Gasteiger partial charge on any atom is 0.114 e. The van der Waals surface area contributed by atoms with Gasteiger partial charge in [-0.05, 0) is 18.1 Å². The first-order valence-corrected chi connectivity index (χ1v) is 3.06. The van der Waals surface area contributed by atoms with Crippen molar-refractivity contribution < 1.29 is 0 Å². The van der Waals surface area contributed by atoms with Crippen LogP contribution in [0.4, 0.5) is 5.69 Å². The minimum atomic E-state index is 1.04. The van der Waals surface area contributed by atoms with Gasteiger partial charge in [-0.15, -0.1) is 0 Å². The largest absolute Gasteiger partial charge is 0.383 e. The van der Waals surface area contributed by atoms with Gasteiger partial charge in [0.2, 0.25) is 0 Å². The van der Waals surface area contributed by atoms with Gasteiger partial charge in [0.25, 0.3) is 0 Å². The number of nitrogens with one attached hydrogen (secondary N) is 1. The van der Waals surface area contributed by atoms with Crippen molar-refractivity contribution in [3.63, 3.8) is 0 Å². The lowest BCUT2D eigenvalue weighted by molar-refractivity contribution is 1.10. The van der Waals surface area contributed by atoms with Gasteiger partial charge in [0.05, 0.1) is 5.69 Å². The van der Waals surface area contributed by atoms with E-state index in [9.17, 15) is 0 Å². The Kier molecular flexibility index (Phi) is 0.918. The smallest absolute Gasteiger partial charge is 0.114 e. The summed E-state index contributed by atoms with van der Waals surface area (Å²) < 4.78 is 0. The van der Waals surface area contributed by atoms with Crippen LogP contribution in [-0.2, 0) is 6.42 Å². The maximum absolute atomic E-state index is 3.87. The Labute approximate surface area is 53.9 Å². The van der Waals surface area contributed by atoms with Gasteiger partial charge in [0.15, 0.2) is 0 Å². The molecule has 0 aliphatic carbocycles. The summed E-state index contributed by atoms with van der Waals surface area (Å²) in [5, 5.41) is 3.18. The summed E-state index contributed by atoms with van der Waals surface area (Å²) in [4.78, 5) is 3.87. The van der Waals surface area contributed by atoms with Crippen LogP contribution in [0.3, 0.4) is 0 Å². The molecule has 45 valence electrons. The minimum absolute atomic E-state index is 1.04. The lowest BCUT2D eigenvalue weighted by Crippen LogP contribution is -1.90. The number of hydrogen-bond donors (Lipinski definition) is 1. The second-order valence-corrected chi connectivity index (χ2v) is 2.13. The number of hydrogen-bond acceptors (Lipinski definition) is 2. The van der Waals surface area contributed by atoms with Crippen molar-refractivity contribution in [1.29, 1.82) is 0 Å². The molecule has 0 bridgehead atoms. The average molecular weight is 119 g/mol. The predicted molar refractivity (Wildman–Crippen MR) is 35.3 cm³/mol. The molecule has 9 heavy (non-hydrogen) atoms. The Morgan fingerprint density at radius 1 is 1.67 bits per heavy atom. The molecule has 2 heterocycles. The van der Waals surface area contributed by atoms with E-state index in [1.807, 2.05) is 6.07 Å². The number of fused-ring (bicyclic) bond motifs is 1. The van der Waals surface area contributed by atoms with Crippen molar-refractivity contribution in [3.05, 3.63) is 24.0 Å². The molecule has 0 amide bonds. The molecule has 1 N–H and O–H groups in total. The fraction of sp³-hybridized carbons (Fsp3) is 0.286. The van der Waals surface area contributed by atoms with Crippen LogP contribution >= 0.6 is 0 Å². The lowest BCUT2D eigenvalue weighted by Gasteiger charge is -1.92. The van der Waals surface area contributed by atoms with E-state index in [0.717, 1.165) is 18.7 Å². The number of pyridine rings is 1. The Hall–Kier alpha value is -1.05. The van der Waals surface area contributed by atoms with Crippen LogP contribution in [-0.4, -0.2) is 11.5 Å². The maximum atomic E-state index is 3.87. The Balaban J connectivity index is 2.54. The van der Waals surface area contributed by atoms with Gasteiger partial charge in [0.1, 0.15) is 6.20 Å². The monoisotopic (exact) mass is 119 g/mol. The zero-order chi connectivity index (χ0) is 6.10. The molecule has 0 saturated heterocycles. The zero-order valence-electron chi connectivity index (χ0n) is 5.02. The van der Waals surface area contributed by atoms with Crippen molar-refractivity contribution in [2.45, 2.75) is 6.42 Å². The van der Waals surface area contributed by atoms with E-state index < -0.39 is 0 Å². The standard InChI is InChI=1S/C7H7N2/c1-3-8-5-7-6(1)2-4-9-7/h1,3,9H,2,4H2. The molecule has 0 atom stereocenters. The quantitative estimate of drug-likeness (QED) is 0.547. The molecule has 0 fully saturated rings. The molecule has 0 saturated carbocycles. The zero-order valence-corrected chi connectivity index (χ0v) is 5.02. The van der Waals surface area contributed by atoms with Crippen molar-refractivity contribution in [1.82, 2.24) is 4.98 Å². The van der Waals surface area contributed by atoms with Crippen molar-refractivity contribution in [2.24, 2.45) is 0 Å². The molecule has 1 radical (unpaired) electrons. The van der Waals surface area contributed by atoms with E-state index in [2.05, 4.69) is 16.5 Å². The highest BCUT2D eigenvalue weighted by Crippen LogP contribution is 2.17. The number of anilines is 1. The summed E-state index contributed by atoms with van der Waals surface area (Å²) in [5.74, 6) is 0. The van der Waals surface area contributed by atoms with Crippen LogP contribution in [0.1, 0.15) is 5.56 Å². The molecule has 2 rings (SSSR count). The third kappa shape index (κ3) is 0.669. The van der Waals surface area contributed by atoms with Gasteiger partial charge in [0, 0.05) is 12.7 Å². The van der Waals surface area contributed by atoms with Crippen molar-refractivity contribution >= 4 is 5.69 Å². The molecule has 1 aromatic heterocycles. The van der Waals surface area contributed by atoms with Crippen LogP contribution in [0, 0.1) is 6.20 Å². The molecular formula is C7H7N2. The van der Waals surface area contributed by atoms with Crippen LogP contribution < -0.4 is 5.32 Å². The molecule has 0 spiro atoms. The van der Waals surface area contributed by atoms with Crippen molar-refractivity contribution in [2.75, 3.05) is 11.9 Å². The number of nitrogens with zero attached hydrogens (tertiary/aromatic N) is 1. The first kappa shape index (κ1) is 4.79. The Morgan fingerprint density at radius 3 is 3.56 bits per heavy atom. The fourth-order valence-corrected chi connectivity index (χ4v) is 1.07. The van der Waals surface area contributed by atoms with E-state index in [0.29, 0.717) is 0 Å². The Bertz CT molecular complexity index is 197. The fourth-order valence-electron chi connectivity index (χ4n) is 1.07. The Morgan fingerprint density at radius 2 is 2.67 bits per heavy atom. The van der Waals surface area contributed by atoms with Gasteiger partial charge in [-0.2, -0.15) is 0 Å². The first-order chi connectivity index (χ1) is 4.47. The summed E-state index contributed by atoms with van der Waals surface area (Å²) in [6.07, 6.45) is 5.79. The highest BCUT2D eigenvalue weighted by molar-refractivity contribution is 5.52. The van der Waals surface area contributed by atoms with E-state index in [1.54, 1.807) is 6.20 Å². The van der Waals surface area contributed by atoms with Crippen molar-refractivity contribution in [3.8, 4) is 0 Å². The average Bonchev–Trinajstić information content (AvgIpc) is 2.33. The van der Waals surface area contributed by atoms with Gasteiger partial charge in [-0.1, -0.05) is 0 Å². The molecule has 2 heteroatoms.